The number of aromatic hydroxyl groups is 1. The number of nitro benzene ring substituents is 1. The van der Waals surface area contributed by atoms with Gasteiger partial charge in [-0.05, 0) is 75.2 Å². The number of ketones is 1. The van der Waals surface area contributed by atoms with E-state index in [1.807, 2.05) is 20.0 Å². The molecular weight excluding hydrogens is 462 g/mol. The first-order valence-corrected chi connectivity index (χ1v) is 12.2. The minimum atomic E-state index is -1.20. The summed E-state index contributed by atoms with van der Waals surface area (Å²) in [6.07, 6.45) is 5.08. The summed E-state index contributed by atoms with van der Waals surface area (Å²) in [6, 6.07) is 9.47. The molecule has 2 N–H and O–H groups in total. The Bertz CT molecular complexity index is 1350. The average Bonchev–Trinajstić information content (AvgIpc) is 3.14. The van der Waals surface area contributed by atoms with Crippen molar-refractivity contribution in [2.24, 2.45) is 0 Å². The van der Waals surface area contributed by atoms with Gasteiger partial charge in [0.25, 0.3) is 5.69 Å². The highest BCUT2D eigenvalue weighted by Gasteiger charge is 2.78. The molecular formula is C27H27N3O6. The minimum absolute atomic E-state index is 0.0134. The van der Waals surface area contributed by atoms with Crippen LogP contribution in [0.15, 0.2) is 42.5 Å². The van der Waals surface area contributed by atoms with Crippen molar-refractivity contribution >= 4 is 23.5 Å². The monoisotopic (exact) mass is 489 g/mol. The first-order chi connectivity index (χ1) is 17.1. The highest BCUT2D eigenvalue weighted by atomic mass is 16.6. The van der Waals surface area contributed by atoms with Crippen LogP contribution in [0.25, 0.3) is 6.08 Å². The van der Waals surface area contributed by atoms with Crippen molar-refractivity contribution in [2.45, 2.75) is 55.2 Å². The van der Waals surface area contributed by atoms with Crippen molar-refractivity contribution in [3.05, 3.63) is 69.3 Å². The third-order valence-electron chi connectivity index (χ3n) is 9.04. The van der Waals surface area contributed by atoms with E-state index in [1.54, 1.807) is 24.3 Å². The number of carbonyl (C=O) groups is 2. The Kier molecular flexibility index (Phi) is 4.67. The predicted molar refractivity (Wildman–Crippen MR) is 131 cm³/mol. The fourth-order valence-electron chi connectivity index (χ4n) is 7.43. The summed E-state index contributed by atoms with van der Waals surface area (Å²) < 4.78 is 6.37. The number of benzene rings is 2. The van der Waals surface area contributed by atoms with Gasteiger partial charge in [0.05, 0.1) is 15.9 Å². The van der Waals surface area contributed by atoms with Crippen LogP contribution >= 0.6 is 0 Å². The number of phenols is 1. The number of nitrogens with one attached hydrogen (secondary N) is 1. The second kappa shape index (κ2) is 7.39. The highest BCUT2D eigenvalue weighted by Crippen LogP contribution is 2.68. The summed E-state index contributed by atoms with van der Waals surface area (Å²) in [5.74, 6) is 0.0675. The van der Waals surface area contributed by atoms with Gasteiger partial charge in [0.2, 0.25) is 5.91 Å². The van der Waals surface area contributed by atoms with E-state index in [2.05, 4.69) is 10.2 Å². The van der Waals surface area contributed by atoms with Crippen molar-refractivity contribution in [1.82, 2.24) is 10.2 Å². The zero-order chi connectivity index (χ0) is 25.5. The van der Waals surface area contributed by atoms with Gasteiger partial charge < -0.3 is 20.1 Å². The van der Waals surface area contributed by atoms with Crippen LogP contribution in [0, 0.1) is 10.1 Å². The molecule has 6 rings (SSSR count). The molecule has 2 fully saturated rings. The lowest BCUT2D eigenvalue weighted by Crippen LogP contribution is -2.84. The Balaban J connectivity index is 1.43. The summed E-state index contributed by atoms with van der Waals surface area (Å²) in [6.45, 7) is 2.56. The minimum Gasteiger partial charge on any atom is -0.504 e. The van der Waals surface area contributed by atoms with E-state index < -0.39 is 21.5 Å². The maximum absolute atomic E-state index is 13.5. The van der Waals surface area contributed by atoms with Crippen LogP contribution in [-0.2, 0) is 21.4 Å². The number of carbonyl (C=O) groups excluding carboxylic acids is 2. The quantitative estimate of drug-likeness (QED) is 0.385. The largest absolute Gasteiger partial charge is 0.504 e. The van der Waals surface area contributed by atoms with E-state index in [9.17, 15) is 24.8 Å². The topological polar surface area (TPSA) is 122 Å². The van der Waals surface area contributed by atoms with Gasteiger partial charge in [0.15, 0.2) is 22.9 Å². The summed E-state index contributed by atoms with van der Waals surface area (Å²) in [7, 11) is 2.05. The standard InChI is InChI=1S/C27H27N3O6/c1-25-21(32)11-12-27(28-22(33)10-5-16-3-7-18(8-4-16)30(34)35)20-15-17-6-9-19(31)24(36-25)23(17)26(25,27)13-14-29(20)2/h3-10,20,31H,11-15H2,1-2H3,(H,28,33)/b10-5+/t20?,25-,26?,27+/m0/s1. The molecule has 2 aromatic carbocycles. The number of hydrogen-bond donors (Lipinski definition) is 2. The van der Waals surface area contributed by atoms with Gasteiger partial charge in [0.1, 0.15) is 0 Å². The molecule has 2 unspecified atom stereocenters. The van der Waals surface area contributed by atoms with E-state index in [0.29, 0.717) is 30.6 Å². The normalized spacial score (nSPS) is 32.2. The molecule has 1 saturated carbocycles. The number of Topliss-reactive ketones (excluding diaryl/α,β-unsaturated/α-hetero) is 1. The first kappa shape index (κ1) is 22.7. The van der Waals surface area contributed by atoms with Crippen LogP contribution in [-0.4, -0.2) is 57.4 Å². The molecule has 186 valence electrons. The molecule has 1 saturated heterocycles. The van der Waals surface area contributed by atoms with Crippen LogP contribution in [0.1, 0.15) is 42.9 Å². The van der Waals surface area contributed by atoms with Crippen molar-refractivity contribution < 1.29 is 24.4 Å². The number of likely N-dealkylation sites (N-methyl/N-ethyl adjacent to an activating group) is 1. The van der Waals surface area contributed by atoms with Crippen LogP contribution in [0.5, 0.6) is 11.5 Å². The maximum Gasteiger partial charge on any atom is 0.269 e. The van der Waals surface area contributed by atoms with Crippen molar-refractivity contribution in [3.8, 4) is 11.5 Å². The van der Waals surface area contributed by atoms with Gasteiger partial charge in [-0.2, -0.15) is 0 Å². The average molecular weight is 490 g/mol. The number of amides is 1. The fourth-order valence-corrected chi connectivity index (χ4v) is 7.43. The van der Waals surface area contributed by atoms with Crippen molar-refractivity contribution in [3.63, 3.8) is 0 Å². The predicted octanol–water partition coefficient (Wildman–Crippen LogP) is 2.88. The summed E-state index contributed by atoms with van der Waals surface area (Å²) >= 11 is 0. The molecule has 2 bridgehead atoms. The zero-order valence-electron chi connectivity index (χ0n) is 20.1. The van der Waals surface area contributed by atoms with Gasteiger partial charge >= 0.3 is 0 Å². The highest BCUT2D eigenvalue weighted by molar-refractivity contribution is 5.97. The molecule has 2 heterocycles. The van der Waals surface area contributed by atoms with Gasteiger partial charge in [-0.1, -0.05) is 6.07 Å². The van der Waals surface area contributed by atoms with Gasteiger partial charge in [-0.25, -0.2) is 0 Å². The Hall–Kier alpha value is -3.72. The third-order valence-corrected chi connectivity index (χ3v) is 9.04. The van der Waals surface area contributed by atoms with Crippen LogP contribution < -0.4 is 10.1 Å². The number of non-ortho nitro benzene ring substituents is 1. The first-order valence-electron chi connectivity index (χ1n) is 12.2. The van der Waals surface area contributed by atoms with Crippen LogP contribution in [0.4, 0.5) is 5.69 Å². The maximum atomic E-state index is 13.5. The summed E-state index contributed by atoms with van der Waals surface area (Å²) in [4.78, 5) is 39.6. The zero-order valence-corrected chi connectivity index (χ0v) is 20.1. The fraction of sp³-hybridized carbons (Fsp3) is 0.407. The summed E-state index contributed by atoms with van der Waals surface area (Å²) in [5, 5.41) is 25.0. The third kappa shape index (κ3) is 2.69. The second-order valence-electron chi connectivity index (χ2n) is 10.5. The van der Waals surface area contributed by atoms with E-state index in [-0.39, 0.29) is 35.6 Å². The van der Waals surface area contributed by atoms with Crippen molar-refractivity contribution in [2.75, 3.05) is 13.6 Å². The second-order valence-corrected chi connectivity index (χ2v) is 10.5. The molecule has 0 aromatic heterocycles. The molecule has 4 aliphatic rings. The van der Waals surface area contributed by atoms with Gasteiger partial charge in [-0.3, -0.25) is 19.7 Å². The van der Waals surface area contributed by atoms with E-state index >= 15 is 0 Å². The SMILES string of the molecule is CN1CCC23c4c5ccc(O)c4O[C@@]2(C)C(=O)CC[C@@]3(NC(=O)/C=C/c2ccc([N+](=O)[O-])cc2)C1C5. The lowest BCUT2D eigenvalue weighted by Gasteiger charge is -2.66. The van der Waals surface area contributed by atoms with Gasteiger partial charge in [-0.15, -0.1) is 0 Å². The smallest absolute Gasteiger partial charge is 0.269 e. The molecule has 36 heavy (non-hydrogen) atoms. The molecule has 2 aliphatic heterocycles. The molecule has 1 spiro atoms. The molecule has 1 amide bonds. The number of ether oxygens (including phenoxy) is 1. The molecule has 0 radical (unpaired) electrons. The molecule has 4 atom stereocenters. The number of likely N-dealkylation sites (tertiary alicyclic amines) is 1. The van der Waals surface area contributed by atoms with Gasteiger partial charge in [0, 0.05) is 36.2 Å². The summed E-state index contributed by atoms with van der Waals surface area (Å²) in [5.41, 5.74) is -0.214. The molecule has 2 aliphatic carbocycles. The lowest BCUT2D eigenvalue weighted by molar-refractivity contribution is -0.384. The molecule has 9 nitrogen and oxygen atoms in total. The van der Waals surface area contributed by atoms with Crippen molar-refractivity contribution in [1.29, 1.82) is 0 Å². The Morgan fingerprint density at radius 3 is 2.72 bits per heavy atom. The number of rotatable bonds is 4. The Labute approximate surface area is 207 Å². The Morgan fingerprint density at radius 1 is 1.25 bits per heavy atom. The van der Waals surface area contributed by atoms with E-state index in [1.165, 1.54) is 18.2 Å². The van der Waals surface area contributed by atoms with E-state index in [4.69, 9.17) is 4.74 Å². The van der Waals surface area contributed by atoms with E-state index in [0.717, 1.165) is 17.7 Å². The Morgan fingerprint density at radius 2 is 2.00 bits per heavy atom. The lowest BCUT2D eigenvalue weighted by atomic mass is 9.43. The van der Waals surface area contributed by atoms with Crippen LogP contribution in [0.3, 0.4) is 0 Å². The number of piperidine rings is 1. The number of nitro groups is 1. The van der Waals surface area contributed by atoms with Crippen LogP contribution in [0.2, 0.25) is 0 Å². The number of phenolic OH excluding ortho intramolecular Hbond substituents is 1. The molecule has 2 aromatic rings. The number of nitrogens with zero attached hydrogens (tertiary/aromatic N) is 2. The molecule has 9 heteroatoms. The number of hydrogen-bond acceptors (Lipinski definition) is 7.